The van der Waals surface area contributed by atoms with Crippen LogP contribution in [0.1, 0.15) is 47.8 Å². The lowest BCUT2D eigenvalue weighted by atomic mass is 9.80. The molecule has 0 bridgehead atoms. The van der Waals surface area contributed by atoms with Gasteiger partial charge in [0.25, 0.3) is 0 Å². The lowest BCUT2D eigenvalue weighted by molar-refractivity contribution is -0.111. The molecule has 3 rings (SSSR count). The summed E-state index contributed by atoms with van der Waals surface area (Å²) in [5, 5.41) is 0. The molecule has 0 fully saturated rings. The Bertz CT molecular complexity index is 790. The first-order valence-electron chi connectivity index (χ1n) is 7.38. The third-order valence-corrected chi connectivity index (χ3v) is 4.00. The molecule has 0 heterocycles. The number of ketones is 2. The van der Waals surface area contributed by atoms with Crippen molar-refractivity contribution in [1.82, 2.24) is 0 Å². The summed E-state index contributed by atoms with van der Waals surface area (Å²) in [7, 11) is 0. The fraction of sp³-hybridized carbons (Fsp3) is 0.200. The molecule has 0 amide bonds. The van der Waals surface area contributed by atoms with Crippen molar-refractivity contribution in [1.29, 1.82) is 0 Å². The van der Waals surface area contributed by atoms with E-state index in [0.29, 0.717) is 5.56 Å². The normalized spacial score (nSPS) is 14.6. The molecule has 0 saturated carbocycles. The van der Waals surface area contributed by atoms with Gasteiger partial charge >= 0.3 is 0 Å². The van der Waals surface area contributed by atoms with Crippen molar-refractivity contribution in [2.75, 3.05) is 0 Å². The third-order valence-electron chi connectivity index (χ3n) is 4.00. The van der Waals surface area contributed by atoms with Gasteiger partial charge in [-0.3, -0.25) is 9.59 Å². The molecule has 1 aliphatic carbocycles. The average Bonchev–Trinajstić information content (AvgIpc) is 2.50. The molecule has 110 valence electrons. The van der Waals surface area contributed by atoms with Gasteiger partial charge in [-0.15, -0.1) is 0 Å². The maximum Gasteiger partial charge on any atom is 0.233 e. The van der Waals surface area contributed by atoms with E-state index in [1.54, 1.807) is 6.07 Å². The molecular weight excluding hydrogens is 272 g/mol. The minimum Gasteiger partial charge on any atom is -0.286 e. The van der Waals surface area contributed by atoms with Gasteiger partial charge in [0.2, 0.25) is 11.6 Å². The maximum absolute atomic E-state index is 12.2. The van der Waals surface area contributed by atoms with Crippen molar-refractivity contribution >= 4 is 17.1 Å². The van der Waals surface area contributed by atoms with Crippen LogP contribution in [0, 0.1) is 0 Å². The van der Waals surface area contributed by atoms with Crippen LogP contribution in [0.2, 0.25) is 0 Å². The number of allylic oxidation sites excluding steroid dienone is 1. The predicted octanol–water partition coefficient (Wildman–Crippen LogP) is 4.18. The second-order valence-electron chi connectivity index (χ2n) is 6.63. The first kappa shape index (κ1) is 14.5. The summed E-state index contributed by atoms with van der Waals surface area (Å²) in [6.07, 6.45) is 1.46. The molecule has 2 aromatic rings. The first-order valence-corrected chi connectivity index (χ1v) is 7.38. The van der Waals surface area contributed by atoms with Gasteiger partial charge in [0.05, 0.1) is 0 Å². The van der Waals surface area contributed by atoms with Gasteiger partial charge in [0.1, 0.15) is 0 Å². The van der Waals surface area contributed by atoms with E-state index in [-0.39, 0.29) is 5.41 Å². The van der Waals surface area contributed by atoms with Crippen LogP contribution >= 0.6 is 0 Å². The van der Waals surface area contributed by atoms with Crippen molar-refractivity contribution in [3.05, 3.63) is 76.9 Å². The quantitative estimate of drug-likeness (QED) is 0.738. The second kappa shape index (κ2) is 5.06. The maximum atomic E-state index is 12.2. The summed E-state index contributed by atoms with van der Waals surface area (Å²) in [5.74, 6) is -0.870. The minimum absolute atomic E-state index is 0.0126. The van der Waals surface area contributed by atoms with Gasteiger partial charge < -0.3 is 0 Å². The molecule has 0 aliphatic heterocycles. The van der Waals surface area contributed by atoms with Gasteiger partial charge in [-0.25, -0.2) is 0 Å². The Morgan fingerprint density at radius 1 is 0.818 bits per heavy atom. The van der Waals surface area contributed by atoms with E-state index in [1.807, 2.05) is 42.5 Å². The molecule has 2 nitrogen and oxygen atoms in total. The summed E-state index contributed by atoms with van der Waals surface area (Å²) in [6, 6.07) is 15.5. The standard InChI is InChI=1S/C20H18O2/c1-20(2,3)14-9-10-15-17(11-14)16(12-18(21)19(15)22)13-7-5-4-6-8-13/h4-12H,1-3H3. The van der Waals surface area contributed by atoms with Crippen LogP contribution in [0.4, 0.5) is 0 Å². The Morgan fingerprint density at radius 2 is 1.50 bits per heavy atom. The third kappa shape index (κ3) is 2.41. The summed E-state index contributed by atoms with van der Waals surface area (Å²) < 4.78 is 0. The van der Waals surface area contributed by atoms with Gasteiger partial charge in [0, 0.05) is 5.56 Å². The molecule has 0 unspecified atom stereocenters. The highest BCUT2D eigenvalue weighted by Gasteiger charge is 2.27. The topological polar surface area (TPSA) is 34.1 Å². The second-order valence-corrected chi connectivity index (χ2v) is 6.63. The molecule has 2 heteroatoms. The van der Waals surface area contributed by atoms with E-state index >= 15 is 0 Å². The Kier molecular flexibility index (Phi) is 3.32. The number of carbonyl (C=O) groups is 2. The number of Topliss-reactive ketones (excluding diaryl/α,β-unsaturated/α-hetero) is 1. The lowest BCUT2D eigenvalue weighted by Crippen LogP contribution is -2.20. The summed E-state index contributed by atoms with van der Waals surface area (Å²) >= 11 is 0. The van der Waals surface area contributed by atoms with Crippen molar-refractivity contribution in [2.45, 2.75) is 26.2 Å². The molecule has 1 aliphatic rings. The number of benzene rings is 2. The Hall–Kier alpha value is -2.48. The fourth-order valence-corrected chi connectivity index (χ4v) is 2.70. The number of fused-ring (bicyclic) bond motifs is 1. The van der Waals surface area contributed by atoms with Crippen LogP contribution in [0.15, 0.2) is 54.6 Å². The predicted molar refractivity (Wildman–Crippen MR) is 88.0 cm³/mol. The van der Waals surface area contributed by atoms with Crippen LogP contribution in [0.25, 0.3) is 5.57 Å². The largest absolute Gasteiger partial charge is 0.286 e. The Balaban J connectivity index is 2.24. The summed E-state index contributed by atoms with van der Waals surface area (Å²) in [6.45, 7) is 6.41. The molecule has 0 N–H and O–H groups in total. The molecule has 0 spiro atoms. The molecule has 22 heavy (non-hydrogen) atoms. The van der Waals surface area contributed by atoms with E-state index in [1.165, 1.54) is 6.08 Å². The molecule has 0 atom stereocenters. The molecule has 2 aromatic carbocycles. The van der Waals surface area contributed by atoms with Crippen molar-refractivity contribution in [3.8, 4) is 0 Å². The molecule has 0 saturated heterocycles. The zero-order valence-electron chi connectivity index (χ0n) is 13.0. The van der Waals surface area contributed by atoms with E-state index < -0.39 is 11.6 Å². The smallest absolute Gasteiger partial charge is 0.233 e. The van der Waals surface area contributed by atoms with E-state index in [9.17, 15) is 9.59 Å². The van der Waals surface area contributed by atoms with Crippen LogP contribution in [0.3, 0.4) is 0 Å². The Labute approximate surface area is 130 Å². The first-order chi connectivity index (χ1) is 10.4. The van der Waals surface area contributed by atoms with Crippen LogP contribution in [-0.2, 0) is 10.2 Å². The van der Waals surface area contributed by atoms with Gasteiger partial charge in [-0.05, 0) is 45.9 Å². The van der Waals surface area contributed by atoms with E-state index in [2.05, 4.69) is 20.8 Å². The zero-order chi connectivity index (χ0) is 15.9. The molecule has 0 radical (unpaired) electrons. The average molecular weight is 290 g/mol. The SMILES string of the molecule is CC(C)(C)c1ccc2c(c1)C(c1ccccc1)=CC(=O)C2=O. The summed E-state index contributed by atoms with van der Waals surface area (Å²) in [5.41, 5.74) is 4.26. The van der Waals surface area contributed by atoms with Gasteiger partial charge in [-0.1, -0.05) is 57.2 Å². The van der Waals surface area contributed by atoms with Gasteiger partial charge in [-0.2, -0.15) is 0 Å². The van der Waals surface area contributed by atoms with Gasteiger partial charge in [0.15, 0.2) is 0 Å². The van der Waals surface area contributed by atoms with Crippen LogP contribution in [-0.4, -0.2) is 11.6 Å². The minimum atomic E-state index is -0.449. The highest BCUT2D eigenvalue weighted by molar-refractivity contribution is 6.51. The van der Waals surface area contributed by atoms with Crippen molar-refractivity contribution in [2.24, 2.45) is 0 Å². The monoisotopic (exact) mass is 290 g/mol. The van der Waals surface area contributed by atoms with E-state index in [4.69, 9.17) is 0 Å². The Morgan fingerprint density at radius 3 is 2.14 bits per heavy atom. The number of carbonyl (C=O) groups excluding carboxylic acids is 2. The zero-order valence-corrected chi connectivity index (χ0v) is 13.0. The molecular formula is C20H18O2. The van der Waals surface area contributed by atoms with E-state index in [0.717, 1.165) is 22.3 Å². The highest BCUT2D eigenvalue weighted by atomic mass is 16.2. The summed E-state index contributed by atoms with van der Waals surface area (Å²) in [4.78, 5) is 24.2. The number of hydrogen-bond acceptors (Lipinski definition) is 2. The highest BCUT2D eigenvalue weighted by Crippen LogP contribution is 2.34. The van der Waals surface area contributed by atoms with Crippen LogP contribution < -0.4 is 0 Å². The van der Waals surface area contributed by atoms with Crippen LogP contribution in [0.5, 0.6) is 0 Å². The number of rotatable bonds is 1. The van der Waals surface area contributed by atoms with Crippen molar-refractivity contribution < 1.29 is 9.59 Å². The number of hydrogen-bond donors (Lipinski definition) is 0. The fourth-order valence-electron chi connectivity index (χ4n) is 2.70. The molecule has 0 aromatic heterocycles. The van der Waals surface area contributed by atoms with Crippen molar-refractivity contribution in [3.63, 3.8) is 0 Å². The lowest BCUT2D eigenvalue weighted by Gasteiger charge is -2.23.